The largest absolute Gasteiger partial charge is 0.508 e. The van der Waals surface area contributed by atoms with Crippen LogP contribution in [-0.4, -0.2) is 222 Å². The third kappa shape index (κ3) is 10.4. The summed E-state index contributed by atoms with van der Waals surface area (Å²) >= 11 is 2.83. The topological polar surface area (TPSA) is 436 Å². The molecule has 0 bridgehead atoms. The van der Waals surface area contributed by atoms with Crippen LogP contribution in [-0.2, 0) is 38.4 Å². The lowest BCUT2D eigenvalue weighted by Gasteiger charge is -2.53. The summed E-state index contributed by atoms with van der Waals surface area (Å²) in [4.78, 5) is 118. The van der Waals surface area contributed by atoms with Gasteiger partial charge in [-0.05, 0) is 65.8 Å². The number of hydrogen-bond donors (Lipinski definition) is 11. The molecule has 1 saturated carbocycles. The van der Waals surface area contributed by atoms with Crippen LogP contribution >= 0.6 is 23.5 Å². The first-order valence-electron chi connectivity index (χ1n) is 27.5. The van der Waals surface area contributed by atoms with Gasteiger partial charge in [0.15, 0.2) is 11.4 Å². The number of aliphatic hydroxyl groups excluding tert-OH is 4. The van der Waals surface area contributed by atoms with Crippen LogP contribution in [0.3, 0.4) is 0 Å². The van der Waals surface area contributed by atoms with Crippen LogP contribution in [0.25, 0.3) is 17.0 Å². The number of nitrogens with two attached hydrogens (primary N) is 1. The molecule has 2 aromatic carbocycles. The third-order valence-electron chi connectivity index (χ3n) is 17.5. The van der Waals surface area contributed by atoms with Gasteiger partial charge in [0.1, 0.15) is 63.0 Å². The number of rotatable bonds is 11. The minimum Gasteiger partial charge on any atom is -0.508 e. The summed E-state index contributed by atoms with van der Waals surface area (Å²) in [7, 11) is 6.34. The molecule has 3 aliphatic carbocycles. The van der Waals surface area contributed by atoms with E-state index in [-0.39, 0.29) is 69.0 Å². The number of aromatic nitrogens is 1. The number of aliphatic hydroxyl groups is 5. The molecule has 468 valence electrons. The number of aliphatic carboxylic acids is 2. The number of aryl methyl sites for hydroxylation is 1. The Kier molecular flexibility index (Phi) is 17.9. The van der Waals surface area contributed by atoms with Gasteiger partial charge in [0.2, 0.25) is 23.5 Å². The SMILES string of the molecule is C[C@@H](O)[C@H]1C(=O)N2C(C(=O)O)=C(S[C@@H]3CN[C@H](C(=O)N(C)C)C3)[C@H](C)[C@H]12.C[C@H]1c2cccc(O)c2C(O)=C2C(=O)[C@]3(O)C(O)=C(C(N)=O)C(=O)[C@@H](N(C)C)[C@@H]3[C@@H](O)[C@@H]21.Cc1onc(-c2ccccc2)c1C(=O)N[C@@H]1C(=O)N2[C@@H]1SC(C)(C)[C@@H]2C(=O)O.O. The molecular weight excluding hydrogens is 1180 g/mol. The molecule has 4 saturated heterocycles. The van der Waals surface area contributed by atoms with Crippen molar-refractivity contribution in [2.75, 3.05) is 34.7 Å². The van der Waals surface area contributed by atoms with E-state index >= 15 is 0 Å². The Bertz CT molecular complexity index is 3490. The predicted molar refractivity (Wildman–Crippen MR) is 312 cm³/mol. The quantitative estimate of drug-likeness (QED) is 0.0906. The minimum atomic E-state index is -2.89. The Morgan fingerprint density at radius 1 is 0.954 bits per heavy atom. The standard InChI is InChI=1S/C22H24N2O8.C19H19N3O5S.C17H25N3O5S.H2O/c1-7-8-5-4-6-9(25)11(8)16(26)12-10(7)17(27)14-15(24(2)3)18(28)13(21(23)31)20(30)22(14,32)19(12)29;1-9-11(12(21-27-9)10-7-5-4-6-8-10)15(23)20-13-16(24)22-14(18(25)26)19(2,3)28-17(13)22;1-7-12-11(8(2)21)16(23)20(12)13(17(24)25)14(7)26-9-5-10(18-6-9)15(22)19(3)4;/h4-7,10,14-15,17,25-27,30,32H,1-3H3,(H2,23,31);4-8,13-14,17H,1-3H3,(H,20,23)(H,25,26);7-12,18,21H,5-6H2,1-4H3,(H,24,25);1H2/t7-,10+,14+,15-,17-,22-;13-,14+,17-;7-,8-,9+,10+,11-,12-;/m011./s1. The van der Waals surface area contributed by atoms with Gasteiger partial charge in [-0.25, -0.2) is 9.59 Å². The van der Waals surface area contributed by atoms with Crippen molar-refractivity contribution in [2.45, 2.75) is 117 Å². The average molecular weight is 1250 g/mol. The Morgan fingerprint density at radius 3 is 2.17 bits per heavy atom. The number of phenolic OH excluding ortho intramolecular Hbond substituents is 1. The summed E-state index contributed by atoms with van der Waals surface area (Å²) in [5.41, 5.74) is 2.91. The van der Waals surface area contributed by atoms with Gasteiger partial charge in [0, 0.05) is 58.5 Å². The number of aromatic hydroxyl groups is 1. The molecule has 29 heteroatoms. The van der Waals surface area contributed by atoms with E-state index < -0.39 is 128 Å². The number of hydrogen-bond acceptors (Lipinski definition) is 21. The van der Waals surface area contributed by atoms with Crippen LogP contribution < -0.4 is 16.4 Å². The number of carbonyl (C=O) groups excluding carboxylic acids is 7. The van der Waals surface area contributed by atoms with Gasteiger partial charge in [-0.2, -0.15) is 0 Å². The summed E-state index contributed by atoms with van der Waals surface area (Å²) in [5.74, 6) is -12.5. The van der Waals surface area contributed by atoms with E-state index in [1.807, 2.05) is 37.3 Å². The molecule has 0 spiro atoms. The number of phenols is 1. The van der Waals surface area contributed by atoms with Crippen molar-refractivity contribution in [3.05, 3.63) is 98.5 Å². The molecule has 27 nitrogen and oxygen atoms in total. The van der Waals surface area contributed by atoms with Crippen LogP contribution in [0.4, 0.5) is 0 Å². The number of amides is 5. The maximum atomic E-state index is 13.7. The Labute approximate surface area is 506 Å². The van der Waals surface area contributed by atoms with Crippen molar-refractivity contribution in [3.8, 4) is 17.0 Å². The van der Waals surface area contributed by atoms with Crippen molar-refractivity contribution in [1.82, 2.24) is 35.4 Å². The van der Waals surface area contributed by atoms with Crippen LogP contribution in [0.1, 0.15) is 74.2 Å². The van der Waals surface area contributed by atoms with E-state index in [1.54, 1.807) is 65.7 Å². The molecule has 0 radical (unpaired) electrons. The van der Waals surface area contributed by atoms with E-state index in [2.05, 4.69) is 15.8 Å². The molecule has 3 aromatic rings. The first-order valence-corrected chi connectivity index (χ1v) is 29.3. The van der Waals surface area contributed by atoms with Crippen LogP contribution in [0, 0.1) is 30.6 Å². The summed E-state index contributed by atoms with van der Waals surface area (Å²) in [6.45, 7) is 11.0. The number of benzene rings is 2. The van der Waals surface area contributed by atoms with Gasteiger partial charge < -0.3 is 81.9 Å². The van der Waals surface area contributed by atoms with Crippen molar-refractivity contribution in [3.63, 3.8) is 0 Å². The number of ketones is 2. The highest BCUT2D eigenvalue weighted by atomic mass is 32.2. The van der Waals surface area contributed by atoms with E-state index in [0.717, 1.165) is 5.56 Å². The highest BCUT2D eigenvalue weighted by Crippen LogP contribution is 2.57. The minimum absolute atomic E-state index is 0. The van der Waals surface area contributed by atoms with Crippen molar-refractivity contribution >= 4 is 82.3 Å². The monoisotopic (exact) mass is 1250 g/mol. The third-order valence-corrected chi connectivity index (χ3v) is 20.6. The van der Waals surface area contributed by atoms with Crippen molar-refractivity contribution < 1.29 is 94.0 Å². The van der Waals surface area contributed by atoms with Crippen LogP contribution in [0.15, 0.2) is 80.6 Å². The summed E-state index contributed by atoms with van der Waals surface area (Å²) in [6.07, 6.45) is -1.78. The lowest BCUT2D eigenvalue weighted by atomic mass is 9.54. The number of nitrogens with one attached hydrogen (secondary N) is 2. The number of carbonyl (C=O) groups is 9. The second-order valence-corrected chi connectivity index (χ2v) is 26.7. The number of thioether (sulfide) groups is 2. The van der Waals surface area contributed by atoms with Gasteiger partial charge in [-0.15, -0.1) is 23.5 Å². The molecule has 5 fully saturated rings. The highest BCUT2D eigenvalue weighted by Gasteiger charge is 2.69. The Hall–Kier alpha value is -7.64. The Balaban J connectivity index is 0.000000169. The molecule has 11 rings (SSSR count). The van der Waals surface area contributed by atoms with Crippen LogP contribution in [0.5, 0.6) is 5.75 Å². The zero-order valence-electron chi connectivity index (χ0n) is 48.9. The van der Waals surface area contributed by atoms with Crippen molar-refractivity contribution in [1.29, 1.82) is 0 Å². The van der Waals surface area contributed by atoms with Gasteiger partial charge in [-0.3, -0.25) is 38.5 Å². The summed E-state index contributed by atoms with van der Waals surface area (Å²) in [5, 5.41) is 93.5. The zero-order chi connectivity index (χ0) is 63.4. The van der Waals surface area contributed by atoms with E-state index in [0.29, 0.717) is 34.9 Å². The molecule has 5 amide bonds. The number of likely N-dealkylation sites (N-methyl/N-ethyl adjacent to an activating group) is 2. The summed E-state index contributed by atoms with van der Waals surface area (Å²) < 4.78 is 4.57. The molecular formula is C58H70N8O19S2. The fraction of sp³-hybridized carbons (Fsp3) is 0.483. The maximum Gasteiger partial charge on any atom is 0.353 e. The fourth-order valence-electron chi connectivity index (χ4n) is 13.5. The predicted octanol–water partition coefficient (Wildman–Crippen LogP) is 0.258. The molecule has 5 aliphatic heterocycles. The smallest absolute Gasteiger partial charge is 0.353 e. The lowest BCUT2D eigenvalue weighted by molar-refractivity contribution is -0.169. The molecule has 87 heavy (non-hydrogen) atoms. The number of carboxylic acid groups (broad SMARTS) is 2. The number of Topliss-reactive ketones (excluding diaryl/α,β-unsaturated/α-hetero) is 2. The number of nitrogens with zero attached hydrogens (tertiary/aromatic N) is 5. The Morgan fingerprint density at radius 2 is 1.60 bits per heavy atom. The second kappa shape index (κ2) is 23.8. The van der Waals surface area contributed by atoms with E-state index in [4.69, 9.17) is 10.3 Å². The molecule has 6 heterocycles. The normalized spacial score (nSPS) is 31.1. The first-order chi connectivity index (χ1) is 40.2. The van der Waals surface area contributed by atoms with Gasteiger partial charge >= 0.3 is 11.9 Å². The van der Waals surface area contributed by atoms with Gasteiger partial charge in [0.05, 0.1) is 47.7 Å². The number of primary amides is 1. The van der Waals surface area contributed by atoms with Crippen LogP contribution in [0.2, 0.25) is 0 Å². The van der Waals surface area contributed by atoms with Gasteiger partial charge in [0.25, 0.3) is 11.8 Å². The number of β-lactam (4-membered cyclic amide) rings is 2. The molecule has 8 aliphatic rings. The average Bonchev–Trinajstić information content (AvgIpc) is 1.21. The second-order valence-electron chi connectivity index (χ2n) is 23.6. The van der Waals surface area contributed by atoms with E-state index in [9.17, 15) is 84.0 Å². The highest BCUT2D eigenvalue weighted by molar-refractivity contribution is 8.03. The number of fused-ring (bicyclic) bond motifs is 5. The number of carboxylic acids is 2. The molecule has 1 aromatic heterocycles. The maximum absolute atomic E-state index is 13.7. The van der Waals surface area contributed by atoms with Gasteiger partial charge in [-0.1, -0.05) is 61.5 Å². The molecule has 0 unspecified atom stereocenters. The zero-order valence-corrected chi connectivity index (χ0v) is 50.5. The molecule has 14 N–H and O–H groups in total. The summed E-state index contributed by atoms with van der Waals surface area (Å²) in [6, 6.07) is 10.0. The fourth-order valence-corrected chi connectivity index (χ4v) is 16.6. The van der Waals surface area contributed by atoms with E-state index in [1.165, 1.54) is 58.4 Å². The first kappa shape index (κ1) is 65.3. The van der Waals surface area contributed by atoms with Crippen molar-refractivity contribution in [2.24, 2.45) is 29.4 Å². The molecule has 15 atom stereocenters. The lowest BCUT2D eigenvalue weighted by Crippen LogP contribution is -2.70.